The maximum atomic E-state index is 11.7. The highest BCUT2D eigenvalue weighted by Gasteiger charge is 2.23. The molecular formula is C20H27N3O3S. The van der Waals surface area contributed by atoms with E-state index in [1.807, 2.05) is 35.9 Å². The number of nitrogens with zero attached hydrogens (tertiary/aromatic N) is 1. The van der Waals surface area contributed by atoms with E-state index in [9.17, 15) is 9.90 Å². The van der Waals surface area contributed by atoms with Crippen LogP contribution in [0.25, 0.3) is 0 Å². The summed E-state index contributed by atoms with van der Waals surface area (Å²) in [4.78, 5) is 16.2. The van der Waals surface area contributed by atoms with Gasteiger partial charge in [0.15, 0.2) is 5.96 Å². The molecular weight excluding hydrogens is 362 g/mol. The van der Waals surface area contributed by atoms with Gasteiger partial charge in [-0.2, -0.15) is 11.3 Å². The van der Waals surface area contributed by atoms with Crippen LogP contribution in [-0.2, 0) is 16.9 Å². The van der Waals surface area contributed by atoms with Crippen LogP contribution in [0.3, 0.4) is 0 Å². The molecule has 0 bridgehead atoms. The second kappa shape index (κ2) is 10.1. The molecule has 1 aromatic heterocycles. The topological polar surface area (TPSA) is 83.0 Å². The summed E-state index contributed by atoms with van der Waals surface area (Å²) in [7, 11) is 0. The van der Waals surface area contributed by atoms with E-state index in [1.54, 1.807) is 37.3 Å². The highest BCUT2D eigenvalue weighted by molar-refractivity contribution is 7.08. The third-order valence-corrected chi connectivity index (χ3v) is 4.66. The number of aliphatic imine (C=N–C) groups is 1. The van der Waals surface area contributed by atoms with E-state index in [0.717, 1.165) is 11.1 Å². The molecule has 0 fully saturated rings. The van der Waals surface area contributed by atoms with Crippen LogP contribution in [-0.4, -0.2) is 36.7 Å². The molecule has 1 heterocycles. The van der Waals surface area contributed by atoms with Gasteiger partial charge in [-0.05, 0) is 60.9 Å². The van der Waals surface area contributed by atoms with E-state index in [1.165, 1.54) is 0 Å². The summed E-state index contributed by atoms with van der Waals surface area (Å²) in [6.07, 6.45) is 0. The number of nitrogens with one attached hydrogen (secondary N) is 2. The lowest BCUT2D eigenvalue weighted by Gasteiger charge is -2.24. The van der Waals surface area contributed by atoms with Crippen molar-refractivity contribution in [3.63, 3.8) is 0 Å². The number of guanidine groups is 1. The molecule has 0 aliphatic rings. The smallest absolute Gasteiger partial charge is 0.338 e. The van der Waals surface area contributed by atoms with Crippen molar-refractivity contribution in [2.75, 3.05) is 19.7 Å². The van der Waals surface area contributed by atoms with Crippen LogP contribution in [0.4, 0.5) is 0 Å². The van der Waals surface area contributed by atoms with Crippen molar-refractivity contribution in [2.45, 2.75) is 32.9 Å². The molecule has 2 rings (SSSR count). The van der Waals surface area contributed by atoms with Gasteiger partial charge in [0.05, 0.1) is 25.3 Å². The molecule has 1 aromatic carbocycles. The molecule has 0 aliphatic carbocycles. The van der Waals surface area contributed by atoms with Crippen molar-refractivity contribution in [2.24, 2.45) is 4.99 Å². The fourth-order valence-corrected chi connectivity index (χ4v) is 3.18. The lowest BCUT2D eigenvalue weighted by atomic mass is 9.99. The monoisotopic (exact) mass is 389 g/mol. The van der Waals surface area contributed by atoms with Gasteiger partial charge in [0.1, 0.15) is 5.60 Å². The van der Waals surface area contributed by atoms with Gasteiger partial charge in [0, 0.05) is 6.54 Å². The molecule has 0 aliphatic heterocycles. The van der Waals surface area contributed by atoms with Crippen LogP contribution < -0.4 is 10.6 Å². The van der Waals surface area contributed by atoms with Crippen LogP contribution in [0, 0.1) is 0 Å². The molecule has 146 valence electrons. The van der Waals surface area contributed by atoms with Crippen LogP contribution in [0.1, 0.15) is 42.3 Å². The number of carbonyl (C=O) groups is 1. The highest BCUT2D eigenvalue weighted by atomic mass is 32.1. The molecule has 0 amide bonds. The Kier molecular flexibility index (Phi) is 7.82. The molecule has 6 nitrogen and oxygen atoms in total. The van der Waals surface area contributed by atoms with Crippen LogP contribution in [0.5, 0.6) is 0 Å². The molecule has 7 heteroatoms. The molecule has 3 N–H and O–H groups in total. The Bertz CT molecular complexity index is 740. The average molecular weight is 390 g/mol. The number of carbonyl (C=O) groups excluding carboxylic acids is 1. The number of esters is 1. The first-order valence-corrected chi connectivity index (χ1v) is 9.94. The highest BCUT2D eigenvalue weighted by Crippen LogP contribution is 2.21. The first-order valence-electron chi connectivity index (χ1n) is 8.99. The number of ether oxygens (including phenoxy) is 1. The number of hydrogen-bond acceptors (Lipinski definition) is 5. The molecule has 27 heavy (non-hydrogen) atoms. The van der Waals surface area contributed by atoms with E-state index in [2.05, 4.69) is 15.6 Å². The van der Waals surface area contributed by atoms with Crippen molar-refractivity contribution in [1.29, 1.82) is 0 Å². The number of aliphatic hydroxyl groups is 1. The summed E-state index contributed by atoms with van der Waals surface area (Å²) in [5, 5.41) is 20.9. The van der Waals surface area contributed by atoms with Crippen molar-refractivity contribution in [1.82, 2.24) is 10.6 Å². The van der Waals surface area contributed by atoms with Gasteiger partial charge in [-0.3, -0.25) is 0 Å². The summed E-state index contributed by atoms with van der Waals surface area (Å²) in [5.74, 6) is 0.306. The zero-order valence-corrected chi connectivity index (χ0v) is 16.8. The van der Waals surface area contributed by atoms with E-state index in [-0.39, 0.29) is 5.97 Å². The quantitative estimate of drug-likeness (QED) is 0.367. The zero-order valence-electron chi connectivity index (χ0n) is 16.0. The summed E-state index contributed by atoms with van der Waals surface area (Å²) in [6.45, 7) is 7.43. The Labute approximate surface area is 164 Å². The SMILES string of the molecule is CCNC(=NCc1ccc(C(=O)OCC)cc1)NCC(C)(O)c1ccsc1. The van der Waals surface area contributed by atoms with Gasteiger partial charge in [0.25, 0.3) is 0 Å². The largest absolute Gasteiger partial charge is 0.462 e. The Morgan fingerprint density at radius 2 is 1.96 bits per heavy atom. The number of thiophene rings is 1. The number of benzene rings is 1. The average Bonchev–Trinajstić information content (AvgIpc) is 3.20. The fraction of sp³-hybridized carbons (Fsp3) is 0.400. The Morgan fingerprint density at radius 3 is 2.56 bits per heavy atom. The first-order chi connectivity index (χ1) is 13.0. The van der Waals surface area contributed by atoms with E-state index < -0.39 is 5.60 Å². The number of hydrogen-bond donors (Lipinski definition) is 3. The van der Waals surface area contributed by atoms with Crippen molar-refractivity contribution in [3.05, 3.63) is 57.8 Å². The summed E-state index contributed by atoms with van der Waals surface area (Å²) in [6, 6.07) is 9.12. The Hall–Kier alpha value is -2.38. The molecule has 0 spiro atoms. The molecule has 0 radical (unpaired) electrons. The van der Waals surface area contributed by atoms with Crippen LogP contribution >= 0.6 is 11.3 Å². The second-order valence-corrected chi connectivity index (χ2v) is 7.03. The Balaban J connectivity index is 1.97. The van der Waals surface area contributed by atoms with Gasteiger partial charge in [-0.1, -0.05) is 12.1 Å². The van der Waals surface area contributed by atoms with Gasteiger partial charge < -0.3 is 20.5 Å². The molecule has 0 saturated carbocycles. The van der Waals surface area contributed by atoms with Crippen molar-refractivity contribution in [3.8, 4) is 0 Å². The van der Waals surface area contributed by atoms with Gasteiger partial charge >= 0.3 is 5.97 Å². The predicted octanol–water partition coefficient (Wildman–Crippen LogP) is 2.89. The van der Waals surface area contributed by atoms with Crippen molar-refractivity contribution < 1.29 is 14.6 Å². The molecule has 2 aromatic rings. The minimum Gasteiger partial charge on any atom is -0.462 e. The molecule has 1 atom stereocenters. The fourth-order valence-electron chi connectivity index (χ4n) is 2.40. The van der Waals surface area contributed by atoms with Crippen LogP contribution in [0.15, 0.2) is 46.1 Å². The normalized spacial score (nSPS) is 13.7. The lowest BCUT2D eigenvalue weighted by Crippen LogP contribution is -2.44. The van der Waals surface area contributed by atoms with Gasteiger partial charge in [-0.25, -0.2) is 9.79 Å². The van der Waals surface area contributed by atoms with E-state index in [4.69, 9.17) is 4.74 Å². The predicted molar refractivity (Wildman–Crippen MR) is 109 cm³/mol. The van der Waals surface area contributed by atoms with Crippen molar-refractivity contribution >= 4 is 23.3 Å². The zero-order chi connectivity index (χ0) is 19.7. The number of rotatable bonds is 8. The summed E-state index contributed by atoms with van der Waals surface area (Å²) in [5.41, 5.74) is 1.41. The summed E-state index contributed by atoms with van der Waals surface area (Å²) < 4.78 is 4.98. The maximum absolute atomic E-state index is 11.7. The second-order valence-electron chi connectivity index (χ2n) is 6.25. The standard InChI is InChI=1S/C20H27N3O3S/c1-4-21-19(23-14-20(3,25)17-10-11-27-13-17)22-12-15-6-8-16(9-7-15)18(24)26-5-2/h6-11,13,25H,4-5,12,14H2,1-3H3,(H2,21,22,23). The third kappa shape index (κ3) is 6.37. The summed E-state index contributed by atoms with van der Waals surface area (Å²) >= 11 is 1.56. The van der Waals surface area contributed by atoms with E-state index in [0.29, 0.717) is 37.8 Å². The molecule has 0 saturated heterocycles. The first kappa shape index (κ1) is 20.9. The molecule has 1 unspecified atom stereocenters. The van der Waals surface area contributed by atoms with Gasteiger partial charge in [0.2, 0.25) is 0 Å². The minimum absolute atomic E-state index is 0.321. The Morgan fingerprint density at radius 1 is 1.22 bits per heavy atom. The maximum Gasteiger partial charge on any atom is 0.338 e. The van der Waals surface area contributed by atoms with Crippen LogP contribution in [0.2, 0.25) is 0 Å². The van der Waals surface area contributed by atoms with E-state index >= 15 is 0 Å². The third-order valence-electron chi connectivity index (χ3n) is 3.97. The minimum atomic E-state index is -0.975. The lowest BCUT2D eigenvalue weighted by molar-refractivity contribution is 0.0526. The van der Waals surface area contributed by atoms with Gasteiger partial charge in [-0.15, -0.1) is 0 Å².